The van der Waals surface area contributed by atoms with Gasteiger partial charge in [0.2, 0.25) is 0 Å². The van der Waals surface area contributed by atoms with Gasteiger partial charge in [-0.2, -0.15) is 0 Å². The van der Waals surface area contributed by atoms with Crippen LogP contribution in [0.3, 0.4) is 0 Å². The monoisotopic (exact) mass is 115 g/mol. The summed E-state index contributed by atoms with van der Waals surface area (Å²) in [5.41, 5.74) is 5.28. The molecule has 0 rings (SSSR count). The van der Waals surface area contributed by atoms with Gasteiger partial charge in [-0.05, 0) is 6.92 Å². The first-order valence-corrected chi connectivity index (χ1v) is 2.11. The van der Waals surface area contributed by atoms with E-state index in [0.29, 0.717) is 5.57 Å². The number of nitrogens with two attached hydrogens (primary N) is 1. The lowest BCUT2D eigenvalue weighted by molar-refractivity contribution is 0.568. The van der Waals surface area contributed by atoms with E-state index < -0.39 is 0 Å². The molecule has 38 valence electrons. The lowest BCUT2D eigenvalue weighted by atomic mass is 10.4. The van der Waals surface area contributed by atoms with Gasteiger partial charge in [0, 0.05) is 0 Å². The van der Waals surface area contributed by atoms with Crippen molar-refractivity contribution >= 4 is 23.1 Å². The third-order valence-corrected chi connectivity index (χ3v) is 0.829. The second kappa shape index (κ2) is 2.50. The normalized spacial score (nSPS) is 7.00. The Morgan fingerprint density at radius 3 is 2.29 bits per heavy atom. The average molecular weight is 115 g/mol. The number of carbonyl (C=O) groups excluding carboxylic acids is 1. The van der Waals surface area contributed by atoms with Gasteiger partial charge in [-0.3, -0.25) is 0 Å². The van der Waals surface area contributed by atoms with E-state index in [1.165, 1.54) is 6.92 Å². The molecular weight excluding hydrogens is 110 g/mol. The fourth-order valence-corrected chi connectivity index (χ4v) is 0.0920. The van der Waals surface area contributed by atoms with Gasteiger partial charge in [-0.15, -0.1) is 0 Å². The summed E-state index contributed by atoms with van der Waals surface area (Å²) in [6.45, 7) is 1.52. The Morgan fingerprint density at radius 2 is 2.29 bits per heavy atom. The van der Waals surface area contributed by atoms with Gasteiger partial charge in [-0.1, -0.05) is 12.2 Å². The van der Waals surface area contributed by atoms with Crippen molar-refractivity contribution in [1.29, 1.82) is 0 Å². The van der Waals surface area contributed by atoms with Gasteiger partial charge < -0.3 is 5.73 Å². The maximum absolute atomic E-state index is 9.62. The van der Waals surface area contributed by atoms with Gasteiger partial charge in [0.15, 0.2) is 0 Å². The summed E-state index contributed by atoms with van der Waals surface area (Å²) >= 11 is 4.40. The molecule has 0 amide bonds. The molecule has 7 heavy (non-hydrogen) atoms. The highest BCUT2D eigenvalue weighted by atomic mass is 32.1. The summed E-state index contributed by atoms with van der Waals surface area (Å²) < 4.78 is 0. The Bertz CT molecular complexity index is 135. The molecule has 0 radical (unpaired) electrons. The molecule has 0 fully saturated rings. The van der Waals surface area contributed by atoms with Crippen LogP contribution in [0.4, 0.5) is 0 Å². The number of hydrogen-bond donors (Lipinski definition) is 1. The maximum atomic E-state index is 9.62. The fourth-order valence-electron chi connectivity index (χ4n) is 0.0503. The van der Waals surface area contributed by atoms with Crippen molar-refractivity contribution in [3.05, 3.63) is 5.57 Å². The Hall–Kier alpha value is -0.660. The van der Waals surface area contributed by atoms with Crippen molar-refractivity contribution in [3.8, 4) is 0 Å². The minimum atomic E-state index is 0.120. The van der Waals surface area contributed by atoms with Crippen molar-refractivity contribution in [2.24, 2.45) is 5.73 Å². The predicted octanol–water partition coefficient (Wildman–Crippen LogP) is 0.0504. The van der Waals surface area contributed by atoms with Crippen LogP contribution >= 0.6 is 12.2 Å². The van der Waals surface area contributed by atoms with Crippen molar-refractivity contribution in [1.82, 2.24) is 0 Å². The summed E-state index contributed by atoms with van der Waals surface area (Å²) in [7, 11) is 0. The highest BCUT2D eigenvalue weighted by Gasteiger charge is 1.87. The number of hydrogen-bond acceptors (Lipinski definition) is 2. The molecular formula is C4H5NOS. The lowest BCUT2D eigenvalue weighted by Gasteiger charge is -1.83. The van der Waals surface area contributed by atoms with Crippen LogP contribution in [-0.4, -0.2) is 10.9 Å². The Balaban J connectivity index is 4.10. The Kier molecular flexibility index (Phi) is 2.27. The maximum Gasteiger partial charge on any atom is 0.130 e. The molecule has 0 aromatic carbocycles. The van der Waals surface area contributed by atoms with Gasteiger partial charge in [0.05, 0.1) is 5.57 Å². The summed E-state index contributed by atoms with van der Waals surface area (Å²) in [5.74, 6) is 1.56. The number of rotatable bonds is 1. The van der Waals surface area contributed by atoms with Gasteiger partial charge >= 0.3 is 0 Å². The zero-order valence-electron chi connectivity index (χ0n) is 3.89. The number of thiocarbonyl (C=S) groups is 1. The summed E-state index contributed by atoms with van der Waals surface area (Å²) in [4.78, 5) is 9.74. The molecule has 3 heteroatoms. The van der Waals surface area contributed by atoms with E-state index in [1.54, 1.807) is 5.94 Å². The van der Waals surface area contributed by atoms with E-state index in [4.69, 9.17) is 5.73 Å². The van der Waals surface area contributed by atoms with Crippen LogP contribution in [0.5, 0.6) is 0 Å². The van der Waals surface area contributed by atoms with E-state index in [1.807, 2.05) is 0 Å². The zero-order valence-corrected chi connectivity index (χ0v) is 4.71. The minimum Gasteiger partial charge on any atom is -0.389 e. The molecule has 0 aliphatic rings. The largest absolute Gasteiger partial charge is 0.389 e. The van der Waals surface area contributed by atoms with E-state index >= 15 is 0 Å². The second-order valence-corrected chi connectivity index (χ2v) is 1.53. The molecule has 0 aromatic heterocycles. The molecule has 0 saturated carbocycles. The van der Waals surface area contributed by atoms with E-state index in [2.05, 4.69) is 12.2 Å². The third-order valence-electron chi connectivity index (χ3n) is 0.523. The SMILES string of the molecule is CC(=C=O)C(N)=S. The average Bonchev–Trinajstić information content (AvgIpc) is 1.65. The first-order chi connectivity index (χ1) is 3.18. The molecule has 0 atom stereocenters. The molecule has 0 bridgehead atoms. The Labute approximate surface area is 47.0 Å². The van der Waals surface area contributed by atoms with Crippen LogP contribution in [0.1, 0.15) is 6.92 Å². The second-order valence-electron chi connectivity index (χ2n) is 1.09. The molecule has 0 saturated heterocycles. The first-order valence-electron chi connectivity index (χ1n) is 1.70. The predicted molar refractivity (Wildman–Crippen MR) is 31.7 cm³/mol. The van der Waals surface area contributed by atoms with Crippen molar-refractivity contribution in [2.45, 2.75) is 6.92 Å². The summed E-state index contributed by atoms with van der Waals surface area (Å²) in [6, 6.07) is 0. The standard InChI is InChI=1S/C4H5NOS/c1-3(2-6)4(5)7/h1H3,(H2,5,7). The summed E-state index contributed by atoms with van der Waals surface area (Å²) in [6.07, 6.45) is 0. The smallest absolute Gasteiger partial charge is 0.130 e. The zero-order chi connectivity index (χ0) is 5.86. The highest BCUT2D eigenvalue weighted by Crippen LogP contribution is 1.81. The summed E-state index contributed by atoms with van der Waals surface area (Å²) in [5, 5.41) is 0. The molecule has 2 nitrogen and oxygen atoms in total. The topological polar surface area (TPSA) is 43.1 Å². The fraction of sp³-hybridized carbons (Fsp3) is 0.250. The molecule has 2 N–H and O–H groups in total. The van der Waals surface area contributed by atoms with Crippen molar-refractivity contribution in [2.75, 3.05) is 0 Å². The van der Waals surface area contributed by atoms with Crippen LogP contribution < -0.4 is 5.73 Å². The molecule has 0 spiro atoms. The van der Waals surface area contributed by atoms with E-state index in [9.17, 15) is 4.79 Å². The van der Waals surface area contributed by atoms with E-state index in [-0.39, 0.29) is 4.99 Å². The lowest BCUT2D eigenvalue weighted by Crippen LogP contribution is -2.08. The molecule has 0 aliphatic carbocycles. The Morgan fingerprint density at radius 1 is 1.86 bits per heavy atom. The first kappa shape index (κ1) is 6.34. The molecule has 0 aromatic rings. The quantitative estimate of drug-likeness (QED) is 0.298. The van der Waals surface area contributed by atoms with Gasteiger partial charge in [0.25, 0.3) is 0 Å². The van der Waals surface area contributed by atoms with Crippen LogP contribution in [0.25, 0.3) is 0 Å². The van der Waals surface area contributed by atoms with Crippen LogP contribution in [0.15, 0.2) is 5.57 Å². The van der Waals surface area contributed by atoms with Crippen LogP contribution in [0, 0.1) is 0 Å². The minimum absolute atomic E-state index is 0.120. The third kappa shape index (κ3) is 2.09. The molecule has 0 unspecified atom stereocenters. The van der Waals surface area contributed by atoms with Crippen LogP contribution in [-0.2, 0) is 4.79 Å². The molecule has 0 heterocycles. The molecule has 0 aliphatic heterocycles. The van der Waals surface area contributed by atoms with Crippen molar-refractivity contribution < 1.29 is 4.79 Å². The van der Waals surface area contributed by atoms with Gasteiger partial charge in [0.1, 0.15) is 10.9 Å². The van der Waals surface area contributed by atoms with Crippen LogP contribution in [0.2, 0.25) is 0 Å². The van der Waals surface area contributed by atoms with Gasteiger partial charge in [-0.25, -0.2) is 4.79 Å². The van der Waals surface area contributed by atoms with Crippen molar-refractivity contribution in [3.63, 3.8) is 0 Å². The highest BCUT2D eigenvalue weighted by molar-refractivity contribution is 7.80. The van der Waals surface area contributed by atoms with E-state index in [0.717, 1.165) is 0 Å².